The van der Waals surface area contributed by atoms with E-state index in [2.05, 4.69) is 16.9 Å². The van der Waals surface area contributed by atoms with Crippen LogP contribution in [0.1, 0.15) is 45.4 Å². The molecule has 1 aromatic heterocycles. The molecule has 1 aromatic carbocycles. The molecule has 2 fully saturated rings. The normalized spacial score (nSPS) is 22.4. The third kappa shape index (κ3) is 4.12. The third-order valence-corrected chi connectivity index (χ3v) is 5.83. The van der Waals surface area contributed by atoms with Crippen LogP contribution in [-0.4, -0.2) is 32.7 Å². The largest absolute Gasteiger partial charge is 0.335 e. The summed E-state index contributed by atoms with van der Waals surface area (Å²) in [7, 11) is 0. The molecule has 0 aliphatic heterocycles. The first-order valence-corrected chi connectivity index (χ1v) is 10.1. The summed E-state index contributed by atoms with van der Waals surface area (Å²) in [6.45, 7) is 2.32. The van der Waals surface area contributed by atoms with Gasteiger partial charge in [-0.25, -0.2) is 4.68 Å². The molecule has 27 heavy (non-hydrogen) atoms. The maximum absolute atomic E-state index is 13.1. The molecule has 1 heterocycles. The van der Waals surface area contributed by atoms with Gasteiger partial charge in [0.25, 0.3) is 5.56 Å². The van der Waals surface area contributed by atoms with Gasteiger partial charge in [0.05, 0.1) is 5.69 Å². The zero-order valence-electron chi connectivity index (χ0n) is 15.9. The van der Waals surface area contributed by atoms with Crippen LogP contribution in [0.4, 0.5) is 0 Å². The number of hydrogen-bond donors (Lipinski definition) is 0. The van der Waals surface area contributed by atoms with Gasteiger partial charge in [-0.3, -0.25) is 9.59 Å². The first-order chi connectivity index (χ1) is 13.1. The Balaban J connectivity index is 1.53. The van der Waals surface area contributed by atoms with Crippen molar-refractivity contribution in [3.8, 4) is 11.3 Å². The number of amides is 1. The van der Waals surface area contributed by atoms with Crippen LogP contribution in [0.2, 0.25) is 0 Å². The van der Waals surface area contributed by atoms with E-state index < -0.39 is 0 Å². The Kier molecular flexibility index (Phi) is 5.10. The van der Waals surface area contributed by atoms with Crippen molar-refractivity contribution in [2.24, 2.45) is 5.92 Å². The second-order valence-electron chi connectivity index (χ2n) is 8.03. The van der Waals surface area contributed by atoms with Crippen LogP contribution >= 0.6 is 0 Å². The third-order valence-electron chi connectivity index (χ3n) is 5.83. The van der Waals surface area contributed by atoms with Gasteiger partial charge in [-0.1, -0.05) is 37.3 Å². The SMILES string of the molecule is CC1CCC(N(C(=O)Cn2nc(-c3ccccc3)ccc2=O)C2CC2)CC1. The summed E-state index contributed by atoms with van der Waals surface area (Å²) >= 11 is 0. The predicted octanol–water partition coefficient (Wildman–Crippen LogP) is 3.48. The molecular formula is C22H27N3O2. The van der Waals surface area contributed by atoms with Gasteiger partial charge in [0, 0.05) is 23.7 Å². The Hall–Kier alpha value is -2.43. The molecular weight excluding hydrogens is 338 g/mol. The lowest BCUT2D eigenvalue weighted by atomic mass is 9.86. The van der Waals surface area contributed by atoms with E-state index in [0.29, 0.717) is 17.8 Å². The molecule has 2 aliphatic carbocycles. The molecule has 0 spiro atoms. The van der Waals surface area contributed by atoms with Crippen LogP contribution in [-0.2, 0) is 11.3 Å². The first kappa shape index (κ1) is 18.0. The van der Waals surface area contributed by atoms with Crippen molar-refractivity contribution in [3.63, 3.8) is 0 Å². The minimum absolute atomic E-state index is 0.0298. The smallest absolute Gasteiger partial charge is 0.267 e. The minimum Gasteiger partial charge on any atom is -0.335 e. The quantitative estimate of drug-likeness (QED) is 0.815. The monoisotopic (exact) mass is 365 g/mol. The van der Waals surface area contributed by atoms with Gasteiger partial charge in [0.1, 0.15) is 6.54 Å². The van der Waals surface area contributed by atoms with Crippen molar-refractivity contribution in [1.29, 1.82) is 0 Å². The van der Waals surface area contributed by atoms with Crippen molar-refractivity contribution in [1.82, 2.24) is 14.7 Å². The summed E-state index contributed by atoms with van der Waals surface area (Å²) in [5, 5.41) is 4.46. The summed E-state index contributed by atoms with van der Waals surface area (Å²) in [6.07, 6.45) is 6.70. The fraction of sp³-hybridized carbons (Fsp3) is 0.500. The lowest BCUT2D eigenvalue weighted by molar-refractivity contribution is -0.136. The highest BCUT2D eigenvalue weighted by Gasteiger charge is 2.38. The topological polar surface area (TPSA) is 55.2 Å². The van der Waals surface area contributed by atoms with Gasteiger partial charge in [0.2, 0.25) is 5.91 Å². The molecule has 0 bridgehead atoms. The van der Waals surface area contributed by atoms with Gasteiger partial charge in [0.15, 0.2) is 0 Å². The van der Waals surface area contributed by atoms with Crippen LogP contribution in [0.5, 0.6) is 0 Å². The van der Waals surface area contributed by atoms with Crippen LogP contribution < -0.4 is 5.56 Å². The molecule has 5 heteroatoms. The first-order valence-electron chi connectivity index (χ1n) is 10.1. The Labute approximate surface area is 160 Å². The van der Waals surface area contributed by atoms with E-state index >= 15 is 0 Å². The molecule has 4 rings (SSSR count). The number of carbonyl (C=O) groups is 1. The summed E-state index contributed by atoms with van der Waals surface area (Å²) in [5.41, 5.74) is 1.43. The van der Waals surface area contributed by atoms with Crippen LogP contribution in [0, 0.1) is 5.92 Å². The van der Waals surface area contributed by atoms with E-state index in [1.54, 1.807) is 6.07 Å². The van der Waals surface area contributed by atoms with Gasteiger partial charge in [-0.2, -0.15) is 5.10 Å². The number of carbonyl (C=O) groups excluding carboxylic acids is 1. The molecule has 142 valence electrons. The average Bonchev–Trinajstić information content (AvgIpc) is 3.51. The van der Waals surface area contributed by atoms with Gasteiger partial charge < -0.3 is 4.90 Å². The summed E-state index contributed by atoms with van der Waals surface area (Å²) in [6, 6.07) is 13.7. The van der Waals surface area contributed by atoms with E-state index in [0.717, 1.165) is 37.2 Å². The molecule has 0 saturated heterocycles. The van der Waals surface area contributed by atoms with Crippen molar-refractivity contribution in [2.75, 3.05) is 0 Å². The van der Waals surface area contributed by atoms with Gasteiger partial charge in [-0.05, 0) is 50.5 Å². The highest BCUT2D eigenvalue weighted by atomic mass is 16.2. The Bertz CT molecular complexity index is 849. The molecule has 2 aromatic rings. The lowest BCUT2D eigenvalue weighted by Crippen LogP contribution is -2.46. The molecule has 0 unspecified atom stereocenters. The Morgan fingerprint density at radius 1 is 1.00 bits per heavy atom. The molecule has 0 atom stereocenters. The van der Waals surface area contributed by atoms with Crippen molar-refractivity contribution >= 4 is 5.91 Å². The molecule has 2 saturated carbocycles. The molecule has 0 N–H and O–H groups in total. The fourth-order valence-corrected chi connectivity index (χ4v) is 4.11. The summed E-state index contributed by atoms with van der Waals surface area (Å²) in [5.74, 6) is 0.793. The van der Waals surface area contributed by atoms with Crippen LogP contribution in [0.3, 0.4) is 0 Å². The lowest BCUT2D eigenvalue weighted by Gasteiger charge is -2.36. The highest BCUT2D eigenvalue weighted by Crippen LogP contribution is 2.35. The summed E-state index contributed by atoms with van der Waals surface area (Å²) < 4.78 is 1.32. The predicted molar refractivity (Wildman–Crippen MR) is 105 cm³/mol. The second-order valence-corrected chi connectivity index (χ2v) is 8.03. The van der Waals surface area contributed by atoms with Gasteiger partial charge in [-0.15, -0.1) is 0 Å². The zero-order valence-corrected chi connectivity index (χ0v) is 15.9. The van der Waals surface area contributed by atoms with E-state index in [4.69, 9.17) is 0 Å². The minimum atomic E-state index is -0.226. The molecule has 5 nitrogen and oxygen atoms in total. The van der Waals surface area contributed by atoms with E-state index in [9.17, 15) is 9.59 Å². The maximum Gasteiger partial charge on any atom is 0.267 e. The van der Waals surface area contributed by atoms with Gasteiger partial charge >= 0.3 is 0 Å². The highest BCUT2D eigenvalue weighted by molar-refractivity contribution is 5.77. The van der Waals surface area contributed by atoms with Crippen molar-refractivity contribution in [3.05, 3.63) is 52.8 Å². The molecule has 1 amide bonds. The van der Waals surface area contributed by atoms with E-state index in [1.165, 1.54) is 23.6 Å². The average molecular weight is 365 g/mol. The fourth-order valence-electron chi connectivity index (χ4n) is 4.11. The van der Waals surface area contributed by atoms with Crippen molar-refractivity contribution in [2.45, 2.75) is 64.1 Å². The van der Waals surface area contributed by atoms with E-state index in [-0.39, 0.29) is 18.0 Å². The van der Waals surface area contributed by atoms with E-state index in [1.807, 2.05) is 30.3 Å². The number of rotatable bonds is 5. The molecule has 2 aliphatic rings. The molecule has 0 radical (unpaired) electrons. The zero-order chi connectivity index (χ0) is 18.8. The number of aromatic nitrogens is 2. The van der Waals surface area contributed by atoms with Crippen LogP contribution in [0.25, 0.3) is 11.3 Å². The Morgan fingerprint density at radius 2 is 1.63 bits per heavy atom. The summed E-state index contributed by atoms with van der Waals surface area (Å²) in [4.78, 5) is 27.5. The van der Waals surface area contributed by atoms with Crippen molar-refractivity contribution < 1.29 is 4.79 Å². The number of nitrogens with zero attached hydrogens (tertiary/aromatic N) is 3. The number of hydrogen-bond acceptors (Lipinski definition) is 3. The van der Waals surface area contributed by atoms with Crippen LogP contribution in [0.15, 0.2) is 47.3 Å². The maximum atomic E-state index is 13.1. The number of benzene rings is 1. The Morgan fingerprint density at radius 3 is 2.26 bits per heavy atom. The standard InChI is InChI=1S/C22H27N3O2/c1-16-7-9-18(10-8-16)25(19-11-12-19)22(27)15-24-21(26)14-13-20(23-24)17-5-3-2-4-6-17/h2-6,13-14,16,18-19H,7-12,15H2,1H3. The second kappa shape index (κ2) is 7.67.